The topological polar surface area (TPSA) is 548 Å². The number of aliphatic hydroxyl groups is 1. The fourth-order valence-corrected chi connectivity index (χ4v) is 12.8. The zero-order chi connectivity index (χ0) is 81.6. The summed E-state index contributed by atoms with van der Waals surface area (Å²) in [5.74, 6) is -8.28. The van der Waals surface area contributed by atoms with Crippen LogP contribution in [0.25, 0.3) is 10.9 Å². The second-order valence-corrected chi connectivity index (χ2v) is 28.5. The molecule has 0 radical (unpaired) electrons. The Kier molecular flexibility index (Phi) is 36.3. The number of nitrogens with zero attached hydrogens (tertiary/aromatic N) is 8. The average molecular weight is 1560 g/mol. The number of rotatable bonds is 45. The van der Waals surface area contributed by atoms with Gasteiger partial charge in [0.25, 0.3) is 0 Å². The Balaban J connectivity index is 1.18. The monoisotopic (exact) mass is 1560 g/mol. The fraction of sp³-hybridized carbons (Fsp3) is 0.526. The van der Waals surface area contributed by atoms with Crippen molar-refractivity contribution in [3.8, 4) is 12.4 Å². The summed E-state index contributed by atoms with van der Waals surface area (Å²) in [5.41, 5.74) is 8.40. The molecule has 0 saturated carbocycles. The molecule has 37 nitrogen and oxygen atoms in total. The molecule has 2 fully saturated rings. The highest BCUT2D eigenvalue weighted by Crippen LogP contribution is 2.23. The summed E-state index contributed by atoms with van der Waals surface area (Å²) in [7, 11) is 0. The SMILES string of the molecule is CC(C)C[C@H](NC(=O)[C@@H](CCCCNC(=NCc1ccccn1)NC#N)NC(=O)[C@H](CCCCNC(=NCc1ccccn1)NC#N)NC(=O)[C@H](CO)NC(=O)[C@H](Cc1c[nH]c2ccccc12)NC(=O)[C@H](Cc1cnc[nH]1)NC(=O)[C@@H]1CCC(=O)N1)C(=O)N[C@@H](CCCCNC(C)C)C(=O)N1CCC[C@H]1C(=O)N[C@H](C)C(N)=O. The Morgan fingerprint density at radius 2 is 1.14 bits per heavy atom. The lowest BCUT2D eigenvalue weighted by atomic mass is 10.00. The number of aliphatic imine (C=N–C) groups is 2. The maximum atomic E-state index is 15.3. The van der Waals surface area contributed by atoms with E-state index >= 15 is 9.59 Å². The van der Waals surface area contributed by atoms with Crippen molar-refractivity contribution in [2.24, 2.45) is 21.6 Å². The van der Waals surface area contributed by atoms with Gasteiger partial charge in [-0.15, -0.1) is 0 Å². The van der Waals surface area contributed by atoms with Crippen LogP contribution in [0, 0.1) is 28.8 Å². The fourth-order valence-electron chi connectivity index (χ4n) is 12.8. The number of nitriles is 2. The highest BCUT2D eigenvalue weighted by atomic mass is 16.3. The van der Waals surface area contributed by atoms with Crippen LogP contribution >= 0.6 is 0 Å². The maximum absolute atomic E-state index is 15.3. The van der Waals surface area contributed by atoms with Crippen molar-refractivity contribution in [1.82, 2.24) is 104 Å². The summed E-state index contributed by atoms with van der Waals surface area (Å²) in [6, 6.07) is 4.80. The zero-order valence-electron chi connectivity index (χ0n) is 64.4. The summed E-state index contributed by atoms with van der Waals surface area (Å²) < 4.78 is 0. The highest BCUT2D eigenvalue weighted by molar-refractivity contribution is 6.00. The number of hydrogen-bond acceptors (Lipinski definition) is 20. The van der Waals surface area contributed by atoms with Crippen molar-refractivity contribution in [2.75, 3.05) is 32.8 Å². The average Bonchev–Trinajstić information content (AvgIpc) is 1.76. The van der Waals surface area contributed by atoms with Crippen LogP contribution in [0.15, 0.2) is 102 Å². The molecule has 0 spiro atoms. The van der Waals surface area contributed by atoms with E-state index in [-0.39, 0.29) is 140 Å². The van der Waals surface area contributed by atoms with E-state index in [1.807, 2.05) is 40.1 Å². The number of para-hydroxylation sites is 1. The number of fused-ring (bicyclic) bond motifs is 1. The first-order valence-corrected chi connectivity index (χ1v) is 38.3. The molecule has 6 heterocycles. The number of benzene rings is 1. The van der Waals surface area contributed by atoms with E-state index in [1.165, 1.54) is 24.3 Å². The highest BCUT2D eigenvalue weighted by Gasteiger charge is 2.41. The van der Waals surface area contributed by atoms with Crippen LogP contribution in [-0.4, -0.2) is 211 Å². The first-order valence-electron chi connectivity index (χ1n) is 38.3. The van der Waals surface area contributed by atoms with Crippen LogP contribution in [0.1, 0.15) is 147 Å². The van der Waals surface area contributed by atoms with Gasteiger partial charge in [0, 0.05) is 86.3 Å². The molecule has 0 bridgehead atoms. The summed E-state index contributed by atoms with van der Waals surface area (Å²) in [6.45, 7) is 9.39. The van der Waals surface area contributed by atoms with Crippen LogP contribution < -0.4 is 80.2 Å². The number of guanidine groups is 2. The molecular formula is C76H107N25O12. The number of aliphatic hydroxyl groups excluding tert-OH is 1. The number of aromatic amines is 2. The van der Waals surface area contributed by atoms with Gasteiger partial charge in [0.05, 0.1) is 37.4 Å². The number of primary amides is 1. The molecule has 1 aromatic carbocycles. The van der Waals surface area contributed by atoms with E-state index in [0.29, 0.717) is 65.8 Å². The first kappa shape index (κ1) is 88.1. The first-order chi connectivity index (χ1) is 54.4. The second kappa shape index (κ2) is 46.5. The summed E-state index contributed by atoms with van der Waals surface area (Å²) in [4.78, 5) is 185. The van der Waals surface area contributed by atoms with Gasteiger partial charge in [0.1, 0.15) is 60.4 Å². The molecule has 2 aliphatic heterocycles. The largest absolute Gasteiger partial charge is 0.394 e. The quantitative estimate of drug-likeness (QED) is 0.00738. The Hall–Kier alpha value is -12.1. The van der Waals surface area contributed by atoms with Crippen molar-refractivity contribution < 1.29 is 57.8 Å². The maximum Gasteiger partial charge on any atom is 0.245 e. The van der Waals surface area contributed by atoms with Gasteiger partial charge in [-0.05, 0) is 139 Å². The number of carbonyl (C=O) groups is 11. The minimum absolute atomic E-state index is 0.0318. The number of nitrogens with one attached hydrogen (secondary N) is 16. The molecule has 5 aromatic rings. The molecule has 0 unspecified atom stereocenters. The number of hydrogen-bond donors (Lipinski definition) is 18. The van der Waals surface area contributed by atoms with Crippen LogP contribution in [-0.2, 0) is 78.7 Å². The number of imidazole rings is 1. The van der Waals surface area contributed by atoms with Crippen LogP contribution in [0.4, 0.5) is 0 Å². The predicted octanol–water partition coefficient (Wildman–Crippen LogP) is -0.900. The smallest absolute Gasteiger partial charge is 0.245 e. The molecule has 19 N–H and O–H groups in total. The standard InChI is InChI=1S/C76H107N25O12/c1-46(2)35-59(69(108)96-58(25-12-15-29-81-47(3)4)74(113)101-34-18-26-63(101)73(112)92-48(5)65(79)104)97-67(106)56(24-11-17-33-85-76(90-44-78)88-41-51-20-9-14-31-83-51)94-66(105)55(23-10-16-32-84-75(89-43-77)87-40-50-19-8-13-30-82-50)95-72(111)62(42-102)100-70(109)60(36-49-38-86-54-22-7-6-21-53(49)54)98-71(110)61(37-52-39-80-45-91-52)99-68(107)57-27-28-64(103)93-57/h6-9,13-14,19-22,30-31,38-39,45-48,55-63,81,86,102H,10-12,15-18,23-29,32-37,40-42H2,1-5H3,(H2,79,104)(H,80,91)(H,92,112)(H,93,103)(H,94,105)(H,95,111)(H,96,108)(H,97,106)(H,98,110)(H,99,107)(H,100,109)(H2,84,87,89)(H2,85,88,90)/t48-,55+,56-,57+,58+,59+,60+,61+,62+,63+/m1/s1. The minimum Gasteiger partial charge on any atom is -0.394 e. The predicted molar refractivity (Wildman–Crippen MR) is 416 cm³/mol. The number of amides is 11. The van der Waals surface area contributed by atoms with Gasteiger partial charge < -0.3 is 89.5 Å². The molecule has 2 saturated heterocycles. The molecule has 37 heteroatoms. The van der Waals surface area contributed by atoms with E-state index < -0.39 is 126 Å². The Morgan fingerprint density at radius 3 is 1.68 bits per heavy atom. The number of H-pyrrole nitrogens is 2. The Bertz CT molecular complexity index is 4110. The van der Waals surface area contributed by atoms with Gasteiger partial charge in [-0.2, -0.15) is 10.5 Å². The lowest BCUT2D eigenvalue weighted by Gasteiger charge is -2.31. The molecule has 10 atom stereocenters. The number of likely N-dealkylation sites (tertiary alicyclic amines) is 1. The van der Waals surface area contributed by atoms with Gasteiger partial charge in [-0.3, -0.25) is 73.3 Å². The summed E-state index contributed by atoms with van der Waals surface area (Å²) >= 11 is 0. The van der Waals surface area contributed by atoms with E-state index in [9.17, 15) is 58.8 Å². The van der Waals surface area contributed by atoms with Crippen LogP contribution in [0.2, 0.25) is 0 Å². The lowest BCUT2D eigenvalue weighted by molar-refractivity contribution is -0.142. The van der Waals surface area contributed by atoms with Crippen molar-refractivity contribution in [3.63, 3.8) is 0 Å². The van der Waals surface area contributed by atoms with E-state index in [4.69, 9.17) is 5.73 Å². The van der Waals surface area contributed by atoms with Crippen molar-refractivity contribution >= 4 is 87.8 Å². The van der Waals surface area contributed by atoms with Gasteiger partial charge in [-0.1, -0.05) is 58.0 Å². The van der Waals surface area contributed by atoms with Gasteiger partial charge in [0.2, 0.25) is 76.9 Å². The number of aromatic nitrogens is 5. The molecular weight excluding hydrogens is 1450 g/mol. The van der Waals surface area contributed by atoms with Crippen LogP contribution in [0.3, 0.4) is 0 Å². The number of unbranched alkanes of at least 4 members (excludes halogenated alkanes) is 3. The summed E-state index contributed by atoms with van der Waals surface area (Å²) in [6.07, 6.45) is 14.0. The van der Waals surface area contributed by atoms with Gasteiger partial charge in [0.15, 0.2) is 12.4 Å². The summed E-state index contributed by atoms with van der Waals surface area (Å²) in [5, 5.41) is 69.9. The molecule has 7 rings (SSSR count). The van der Waals surface area contributed by atoms with Gasteiger partial charge >= 0.3 is 0 Å². The van der Waals surface area contributed by atoms with E-state index in [0.717, 1.165) is 0 Å². The Morgan fingerprint density at radius 1 is 0.611 bits per heavy atom. The minimum atomic E-state index is -1.82. The lowest BCUT2D eigenvalue weighted by Crippen LogP contribution is -2.61. The third kappa shape index (κ3) is 29.6. The normalized spacial score (nSPS) is 16.3. The van der Waals surface area contributed by atoms with Gasteiger partial charge in [-0.25, -0.2) is 15.0 Å². The molecule has 11 amide bonds. The van der Waals surface area contributed by atoms with Crippen molar-refractivity contribution in [3.05, 3.63) is 114 Å². The molecule has 2 aliphatic rings. The number of nitrogens with two attached hydrogens (primary N) is 1. The third-order valence-electron chi connectivity index (χ3n) is 18.8. The zero-order valence-corrected chi connectivity index (χ0v) is 64.4. The molecule has 0 aliphatic carbocycles. The van der Waals surface area contributed by atoms with E-state index in [2.05, 4.69) is 109 Å². The Labute approximate surface area is 655 Å². The molecule has 608 valence electrons. The van der Waals surface area contributed by atoms with Crippen molar-refractivity contribution in [1.29, 1.82) is 10.5 Å². The third-order valence-corrected chi connectivity index (χ3v) is 18.8. The molecule has 4 aromatic heterocycles. The van der Waals surface area contributed by atoms with Crippen LogP contribution in [0.5, 0.6) is 0 Å². The number of carbonyl (C=O) groups excluding carboxylic acids is 11. The second-order valence-electron chi connectivity index (χ2n) is 28.5. The molecule has 113 heavy (non-hydrogen) atoms. The number of pyridine rings is 2. The van der Waals surface area contributed by atoms with E-state index in [1.54, 1.807) is 79.3 Å². The van der Waals surface area contributed by atoms with Crippen molar-refractivity contribution in [2.45, 2.75) is 217 Å².